The maximum absolute atomic E-state index is 12.2. The molecule has 0 spiro atoms. The van der Waals surface area contributed by atoms with Crippen molar-refractivity contribution in [2.45, 2.75) is 25.2 Å². The second kappa shape index (κ2) is 5.12. The van der Waals surface area contributed by atoms with Crippen LogP contribution in [-0.2, 0) is 9.63 Å². The van der Waals surface area contributed by atoms with E-state index in [4.69, 9.17) is 4.84 Å². The first kappa shape index (κ1) is 11.1. The lowest BCUT2D eigenvalue weighted by Gasteiger charge is -2.21. The summed E-state index contributed by atoms with van der Waals surface area (Å²) in [7, 11) is 1.56. The molecule has 1 aromatic rings. The Hall–Kier alpha value is -1.35. The van der Waals surface area contributed by atoms with Gasteiger partial charge < -0.3 is 0 Å². The molecular formula is C13H17NO2. The number of amides is 1. The molecule has 3 heteroatoms. The van der Waals surface area contributed by atoms with Crippen molar-refractivity contribution < 1.29 is 9.63 Å². The molecule has 1 aliphatic heterocycles. The van der Waals surface area contributed by atoms with E-state index in [1.54, 1.807) is 7.11 Å². The Balaban J connectivity index is 2.22. The van der Waals surface area contributed by atoms with E-state index in [2.05, 4.69) is 0 Å². The highest BCUT2D eigenvalue weighted by molar-refractivity contribution is 5.83. The minimum Gasteiger partial charge on any atom is -0.274 e. The molecule has 0 radical (unpaired) electrons. The highest BCUT2D eigenvalue weighted by Gasteiger charge is 2.28. The molecule has 1 heterocycles. The Morgan fingerprint density at radius 3 is 2.69 bits per heavy atom. The fourth-order valence-corrected chi connectivity index (χ4v) is 2.19. The largest absolute Gasteiger partial charge is 0.274 e. The van der Waals surface area contributed by atoms with Crippen LogP contribution in [0, 0.1) is 0 Å². The van der Waals surface area contributed by atoms with E-state index in [0.717, 1.165) is 24.8 Å². The van der Waals surface area contributed by atoms with Crippen LogP contribution in [0.2, 0.25) is 0 Å². The maximum atomic E-state index is 12.2. The van der Waals surface area contributed by atoms with E-state index in [9.17, 15) is 4.79 Å². The van der Waals surface area contributed by atoms with Crippen LogP contribution < -0.4 is 0 Å². The third-order valence-corrected chi connectivity index (χ3v) is 3.07. The fraction of sp³-hybridized carbons (Fsp3) is 0.462. The van der Waals surface area contributed by atoms with Crippen LogP contribution in [0.4, 0.5) is 0 Å². The van der Waals surface area contributed by atoms with Crippen molar-refractivity contribution in [3.63, 3.8) is 0 Å². The molecule has 0 aliphatic carbocycles. The third-order valence-electron chi connectivity index (χ3n) is 3.07. The van der Waals surface area contributed by atoms with Gasteiger partial charge in [0.2, 0.25) is 0 Å². The Morgan fingerprint density at radius 1 is 1.25 bits per heavy atom. The Labute approximate surface area is 96.0 Å². The van der Waals surface area contributed by atoms with Gasteiger partial charge in [-0.05, 0) is 18.4 Å². The SMILES string of the molecule is CON1CCCCC(c2ccccc2)C1=O. The van der Waals surface area contributed by atoms with Crippen LogP contribution in [0.25, 0.3) is 0 Å². The molecule has 1 aromatic carbocycles. The second-order valence-corrected chi connectivity index (χ2v) is 4.08. The van der Waals surface area contributed by atoms with Gasteiger partial charge in [0.05, 0.1) is 13.0 Å². The average Bonchev–Trinajstić information content (AvgIpc) is 2.52. The molecule has 1 amide bonds. The van der Waals surface area contributed by atoms with Crippen molar-refractivity contribution in [1.82, 2.24) is 5.06 Å². The normalized spacial score (nSPS) is 21.9. The highest BCUT2D eigenvalue weighted by Crippen LogP contribution is 2.27. The summed E-state index contributed by atoms with van der Waals surface area (Å²) in [5, 5.41) is 1.49. The average molecular weight is 219 g/mol. The van der Waals surface area contributed by atoms with Crippen molar-refractivity contribution in [2.24, 2.45) is 0 Å². The van der Waals surface area contributed by atoms with E-state index in [1.165, 1.54) is 5.06 Å². The Bertz CT molecular complexity index is 350. The summed E-state index contributed by atoms with van der Waals surface area (Å²) in [5.41, 5.74) is 1.09. The number of carbonyl (C=O) groups excluding carboxylic acids is 1. The molecule has 1 saturated heterocycles. The minimum atomic E-state index is -0.0383. The van der Waals surface area contributed by atoms with E-state index in [0.29, 0.717) is 6.54 Å². The van der Waals surface area contributed by atoms with Gasteiger partial charge in [0.1, 0.15) is 0 Å². The van der Waals surface area contributed by atoms with Crippen LogP contribution in [0.3, 0.4) is 0 Å². The predicted octanol–water partition coefficient (Wildman–Crippen LogP) is 2.34. The molecule has 0 bridgehead atoms. The molecule has 2 rings (SSSR count). The molecule has 1 aliphatic rings. The molecule has 0 aromatic heterocycles. The number of hydrogen-bond donors (Lipinski definition) is 0. The van der Waals surface area contributed by atoms with Gasteiger partial charge in [-0.2, -0.15) is 0 Å². The van der Waals surface area contributed by atoms with Crippen LogP contribution in [0.5, 0.6) is 0 Å². The van der Waals surface area contributed by atoms with Gasteiger partial charge in [-0.25, -0.2) is 5.06 Å². The van der Waals surface area contributed by atoms with Gasteiger partial charge >= 0.3 is 0 Å². The molecular weight excluding hydrogens is 202 g/mol. The lowest BCUT2D eigenvalue weighted by molar-refractivity contribution is -0.176. The van der Waals surface area contributed by atoms with Crippen molar-refractivity contribution >= 4 is 5.91 Å². The van der Waals surface area contributed by atoms with Crippen LogP contribution in [-0.4, -0.2) is 24.6 Å². The summed E-state index contributed by atoms with van der Waals surface area (Å²) in [4.78, 5) is 17.3. The van der Waals surface area contributed by atoms with Crippen molar-refractivity contribution in [3.05, 3.63) is 35.9 Å². The van der Waals surface area contributed by atoms with Crippen molar-refractivity contribution in [1.29, 1.82) is 0 Å². The number of nitrogens with zero attached hydrogens (tertiary/aromatic N) is 1. The van der Waals surface area contributed by atoms with Gasteiger partial charge in [-0.1, -0.05) is 36.8 Å². The first-order valence-electron chi connectivity index (χ1n) is 5.73. The fourth-order valence-electron chi connectivity index (χ4n) is 2.19. The van der Waals surface area contributed by atoms with Gasteiger partial charge in [0.15, 0.2) is 0 Å². The number of rotatable bonds is 2. The summed E-state index contributed by atoms with van der Waals surface area (Å²) in [5.74, 6) is 0.0508. The van der Waals surface area contributed by atoms with Crippen LogP contribution in [0.15, 0.2) is 30.3 Å². The first-order valence-corrected chi connectivity index (χ1v) is 5.73. The molecule has 1 atom stereocenters. The van der Waals surface area contributed by atoms with E-state index < -0.39 is 0 Å². The van der Waals surface area contributed by atoms with E-state index in [1.807, 2.05) is 30.3 Å². The Morgan fingerprint density at radius 2 is 2.00 bits per heavy atom. The number of hydrogen-bond acceptors (Lipinski definition) is 2. The van der Waals surface area contributed by atoms with E-state index >= 15 is 0 Å². The molecule has 1 fully saturated rings. The highest BCUT2D eigenvalue weighted by atomic mass is 16.7. The monoisotopic (exact) mass is 219 g/mol. The molecule has 0 N–H and O–H groups in total. The predicted molar refractivity (Wildman–Crippen MR) is 61.8 cm³/mol. The lowest BCUT2D eigenvalue weighted by Crippen LogP contribution is -2.33. The first-order chi connectivity index (χ1) is 7.83. The lowest BCUT2D eigenvalue weighted by atomic mass is 9.94. The van der Waals surface area contributed by atoms with Gasteiger partial charge in [0.25, 0.3) is 5.91 Å². The standard InChI is InChI=1S/C13H17NO2/c1-16-14-10-6-5-9-12(13(14)15)11-7-3-2-4-8-11/h2-4,7-8,12H,5-6,9-10H2,1H3. The molecule has 16 heavy (non-hydrogen) atoms. The molecule has 0 saturated carbocycles. The summed E-state index contributed by atoms with van der Waals surface area (Å²) < 4.78 is 0. The third kappa shape index (κ3) is 2.25. The smallest absolute Gasteiger partial charge is 0.253 e. The van der Waals surface area contributed by atoms with Gasteiger partial charge in [-0.15, -0.1) is 0 Å². The Kier molecular flexibility index (Phi) is 3.57. The quantitative estimate of drug-likeness (QED) is 0.764. The number of hydroxylamine groups is 2. The summed E-state index contributed by atoms with van der Waals surface area (Å²) >= 11 is 0. The zero-order valence-electron chi connectivity index (χ0n) is 9.56. The second-order valence-electron chi connectivity index (χ2n) is 4.08. The molecule has 86 valence electrons. The van der Waals surface area contributed by atoms with Crippen molar-refractivity contribution in [3.8, 4) is 0 Å². The van der Waals surface area contributed by atoms with Gasteiger partial charge in [0, 0.05) is 6.54 Å². The van der Waals surface area contributed by atoms with Gasteiger partial charge in [-0.3, -0.25) is 9.63 Å². The van der Waals surface area contributed by atoms with Crippen LogP contribution in [0.1, 0.15) is 30.7 Å². The topological polar surface area (TPSA) is 29.5 Å². The number of benzene rings is 1. The number of carbonyl (C=O) groups is 1. The van der Waals surface area contributed by atoms with Crippen LogP contribution >= 0.6 is 0 Å². The summed E-state index contributed by atoms with van der Waals surface area (Å²) in [6, 6.07) is 9.96. The molecule has 3 nitrogen and oxygen atoms in total. The zero-order chi connectivity index (χ0) is 11.4. The maximum Gasteiger partial charge on any atom is 0.253 e. The summed E-state index contributed by atoms with van der Waals surface area (Å²) in [6.45, 7) is 0.707. The minimum absolute atomic E-state index is 0.0383. The summed E-state index contributed by atoms with van der Waals surface area (Å²) in [6.07, 6.45) is 3.01. The van der Waals surface area contributed by atoms with Crippen molar-refractivity contribution in [2.75, 3.05) is 13.7 Å². The molecule has 1 unspecified atom stereocenters. The zero-order valence-corrected chi connectivity index (χ0v) is 9.56. The van der Waals surface area contributed by atoms with E-state index in [-0.39, 0.29) is 11.8 Å².